The van der Waals surface area contributed by atoms with Gasteiger partial charge in [-0.2, -0.15) is 5.21 Å². The van der Waals surface area contributed by atoms with E-state index in [4.69, 9.17) is 0 Å². The van der Waals surface area contributed by atoms with Crippen LogP contribution in [0.5, 0.6) is 0 Å². The highest BCUT2D eigenvalue weighted by Gasteiger charge is 2.09. The summed E-state index contributed by atoms with van der Waals surface area (Å²) in [6.45, 7) is 2.05. The number of rotatable bonds is 4. The summed E-state index contributed by atoms with van der Waals surface area (Å²) >= 11 is 0. The number of hydrogen-bond acceptors (Lipinski definition) is 3. The predicted octanol–water partition coefficient (Wildman–Crippen LogP) is 2.08. The summed E-state index contributed by atoms with van der Waals surface area (Å²) in [5, 5.41) is 13.8. The van der Waals surface area contributed by atoms with Crippen LogP contribution in [0.25, 0.3) is 0 Å². The second kappa shape index (κ2) is 4.83. The van der Waals surface area contributed by atoms with Crippen molar-refractivity contribution in [2.45, 2.75) is 25.7 Å². The van der Waals surface area contributed by atoms with Crippen molar-refractivity contribution >= 4 is 0 Å². The number of nitrogens with one attached hydrogen (secondary N) is 1. The molecule has 1 aromatic heterocycles. The van der Waals surface area contributed by atoms with Gasteiger partial charge in [-0.05, 0) is 30.5 Å². The number of aromatic nitrogens is 4. The van der Waals surface area contributed by atoms with E-state index < -0.39 is 0 Å². The molecule has 4 nitrogen and oxygen atoms in total. The molecule has 0 aliphatic heterocycles. The van der Waals surface area contributed by atoms with Crippen molar-refractivity contribution in [1.82, 2.24) is 20.6 Å². The molecule has 0 bridgehead atoms. The fourth-order valence-corrected chi connectivity index (χ4v) is 1.54. The number of hydrogen-bond donors (Lipinski definition) is 1. The van der Waals surface area contributed by atoms with Crippen molar-refractivity contribution < 1.29 is 4.39 Å². The van der Waals surface area contributed by atoms with Crippen LogP contribution in [-0.2, 0) is 6.42 Å². The quantitative estimate of drug-likeness (QED) is 0.858. The van der Waals surface area contributed by atoms with E-state index in [1.165, 1.54) is 12.1 Å². The van der Waals surface area contributed by atoms with Gasteiger partial charge in [0.2, 0.25) is 0 Å². The number of nitrogens with zero attached hydrogens (tertiary/aromatic N) is 3. The molecule has 16 heavy (non-hydrogen) atoms. The molecule has 0 aliphatic carbocycles. The molecule has 1 heterocycles. The molecule has 1 aromatic carbocycles. The minimum absolute atomic E-state index is 0.199. The van der Waals surface area contributed by atoms with Gasteiger partial charge in [0.25, 0.3) is 0 Å². The van der Waals surface area contributed by atoms with Gasteiger partial charge < -0.3 is 0 Å². The number of tetrazole rings is 1. The summed E-state index contributed by atoms with van der Waals surface area (Å²) in [6.07, 6.45) is 1.81. The molecule has 0 aliphatic rings. The molecular weight excluding hydrogens is 207 g/mol. The van der Waals surface area contributed by atoms with Gasteiger partial charge in [0.1, 0.15) is 5.82 Å². The Morgan fingerprint density at radius 3 is 2.69 bits per heavy atom. The monoisotopic (exact) mass is 220 g/mol. The predicted molar refractivity (Wildman–Crippen MR) is 57.3 cm³/mol. The van der Waals surface area contributed by atoms with E-state index in [0.29, 0.717) is 0 Å². The molecule has 0 radical (unpaired) electrons. The van der Waals surface area contributed by atoms with E-state index in [1.807, 2.05) is 6.92 Å². The lowest BCUT2D eigenvalue weighted by molar-refractivity contribution is 0.622. The highest BCUT2D eigenvalue weighted by molar-refractivity contribution is 5.16. The van der Waals surface area contributed by atoms with Gasteiger partial charge in [-0.3, -0.25) is 0 Å². The number of aryl methyl sites for hydroxylation is 1. The molecule has 1 unspecified atom stereocenters. The average molecular weight is 220 g/mol. The molecule has 0 amide bonds. The Kier molecular flexibility index (Phi) is 3.24. The van der Waals surface area contributed by atoms with Gasteiger partial charge in [0.15, 0.2) is 5.82 Å². The van der Waals surface area contributed by atoms with Crippen LogP contribution in [0.1, 0.15) is 30.7 Å². The molecule has 1 N–H and O–H groups in total. The van der Waals surface area contributed by atoms with Gasteiger partial charge in [-0.1, -0.05) is 24.3 Å². The lowest BCUT2D eigenvalue weighted by atomic mass is 10.0. The number of aromatic amines is 1. The first-order valence-electron chi connectivity index (χ1n) is 5.23. The Hall–Kier alpha value is -1.78. The lowest BCUT2D eigenvalue weighted by Gasteiger charge is -2.06. The van der Waals surface area contributed by atoms with Crippen LogP contribution in [0.15, 0.2) is 24.3 Å². The maximum absolute atomic E-state index is 12.7. The first-order valence-corrected chi connectivity index (χ1v) is 5.23. The van der Waals surface area contributed by atoms with E-state index in [1.54, 1.807) is 12.1 Å². The number of benzene rings is 1. The highest BCUT2D eigenvalue weighted by atomic mass is 19.1. The Morgan fingerprint density at radius 2 is 2.06 bits per heavy atom. The van der Waals surface area contributed by atoms with E-state index >= 15 is 0 Å². The van der Waals surface area contributed by atoms with Gasteiger partial charge in [0.05, 0.1) is 0 Å². The van der Waals surface area contributed by atoms with Crippen molar-refractivity contribution in [2.75, 3.05) is 0 Å². The molecule has 84 valence electrons. The summed E-state index contributed by atoms with van der Waals surface area (Å²) in [7, 11) is 0. The van der Waals surface area contributed by atoms with Crippen LogP contribution in [0, 0.1) is 5.82 Å². The summed E-state index contributed by atoms with van der Waals surface area (Å²) in [6, 6.07) is 6.57. The van der Waals surface area contributed by atoms with Crippen molar-refractivity contribution in [3.8, 4) is 0 Å². The fraction of sp³-hybridized carbons (Fsp3) is 0.364. The Morgan fingerprint density at radius 1 is 1.31 bits per heavy atom. The van der Waals surface area contributed by atoms with Crippen LogP contribution in [-0.4, -0.2) is 20.6 Å². The zero-order valence-corrected chi connectivity index (χ0v) is 9.02. The lowest BCUT2D eigenvalue weighted by Crippen LogP contribution is -1.99. The highest BCUT2D eigenvalue weighted by Crippen LogP contribution is 2.16. The van der Waals surface area contributed by atoms with Crippen molar-refractivity contribution in [1.29, 1.82) is 0 Å². The average Bonchev–Trinajstić information content (AvgIpc) is 2.81. The number of halogens is 1. The zero-order valence-electron chi connectivity index (χ0n) is 9.02. The topological polar surface area (TPSA) is 54.5 Å². The molecule has 2 aromatic rings. The maximum atomic E-state index is 12.7. The van der Waals surface area contributed by atoms with Crippen LogP contribution in [0.2, 0.25) is 0 Å². The first kappa shape index (κ1) is 10.7. The molecular formula is C11H13FN4. The Labute approximate surface area is 92.9 Å². The molecule has 0 saturated carbocycles. The maximum Gasteiger partial charge on any atom is 0.177 e. The van der Waals surface area contributed by atoms with Crippen molar-refractivity contribution in [2.24, 2.45) is 0 Å². The minimum atomic E-state index is -0.199. The van der Waals surface area contributed by atoms with Gasteiger partial charge in [-0.15, -0.1) is 10.2 Å². The summed E-state index contributed by atoms with van der Waals surface area (Å²) < 4.78 is 12.7. The molecule has 5 heteroatoms. The molecule has 0 saturated heterocycles. The normalized spacial score (nSPS) is 12.6. The smallest absolute Gasteiger partial charge is 0.177 e. The van der Waals surface area contributed by atoms with Gasteiger partial charge >= 0.3 is 0 Å². The Balaban J connectivity index is 1.90. The van der Waals surface area contributed by atoms with Crippen molar-refractivity contribution in [3.05, 3.63) is 41.5 Å². The summed E-state index contributed by atoms with van der Waals surface area (Å²) in [5.74, 6) is 0.779. The van der Waals surface area contributed by atoms with Crippen LogP contribution in [0.3, 0.4) is 0 Å². The second-order valence-electron chi connectivity index (χ2n) is 3.84. The van der Waals surface area contributed by atoms with Crippen LogP contribution >= 0.6 is 0 Å². The minimum Gasteiger partial charge on any atom is -0.207 e. The number of H-pyrrole nitrogens is 1. The Bertz CT molecular complexity index is 424. The van der Waals surface area contributed by atoms with Crippen LogP contribution in [0.4, 0.5) is 4.39 Å². The third-order valence-corrected chi connectivity index (χ3v) is 2.58. The van der Waals surface area contributed by atoms with Crippen molar-refractivity contribution in [3.63, 3.8) is 0 Å². The summed E-state index contributed by atoms with van der Waals surface area (Å²) in [5.41, 5.74) is 1.12. The van der Waals surface area contributed by atoms with E-state index in [2.05, 4.69) is 20.6 Å². The van der Waals surface area contributed by atoms with E-state index in [-0.39, 0.29) is 11.7 Å². The first-order chi connectivity index (χ1) is 7.75. The molecule has 1 atom stereocenters. The molecule has 0 spiro atoms. The third-order valence-electron chi connectivity index (χ3n) is 2.58. The largest absolute Gasteiger partial charge is 0.207 e. The summed E-state index contributed by atoms with van der Waals surface area (Å²) in [4.78, 5) is 0. The SMILES string of the molecule is CC(CCc1ccc(F)cc1)c1nn[nH]n1. The second-order valence-corrected chi connectivity index (χ2v) is 3.84. The van der Waals surface area contributed by atoms with Gasteiger partial charge in [0, 0.05) is 5.92 Å². The standard InChI is InChI=1S/C11H13FN4/c1-8(11-13-15-16-14-11)2-3-9-4-6-10(12)7-5-9/h4-8H,2-3H2,1H3,(H,13,14,15,16). The zero-order chi connectivity index (χ0) is 11.4. The third kappa shape index (κ3) is 2.62. The van der Waals surface area contributed by atoms with E-state index in [9.17, 15) is 4.39 Å². The van der Waals surface area contributed by atoms with Gasteiger partial charge in [-0.25, -0.2) is 4.39 Å². The van der Waals surface area contributed by atoms with E-state index in [0.717, 1.165) is 24.2 Å². The van der Waals surface area contributed by atoms with Crippen LogP contribution < -0.4 is 0 Å². The fourth-order valence-electron chi connectivity index (χ4n) is 1.54. The molecule has 0 fully saturated rings. The molecule has 2 rings (SSSR count).